The van der Waals surface area contributed by atoms with Gasteiger partial charge in [0, 0.05) is 6.20 Å². The molecule has 0 saturated heterocycles. The quantitative estimate of drug-likeness (QED) is 0.857. The van der Waals surface area contributed by atoms with Crippen LogP contribution in [-0.2, 0) is 6.42 Å². The number of rotatable bonds is 3. The van der Waals surface area contributed by atoms with Gasteiger partial charge in [0.15, 0.2) is 11.5 Å². The first-order chi connectivity index (χ1) is 9.86. The number of aromatic nitrogens is 1. The fourth-order valence-electron chi connectivity index (χ4n) is 2.26. The Labute approximate surface area is 117 Å². The van der Waals surface area contributed by atoms with Crippen molar-refractivity contribution < 1.29 is 9.47 Å². The molecule has 0 fully saturated rings. The van der Waals surface area contributed by atoms with Crippen LogP contribution in [0.25, 0.3) is 0 Å². The van der Waals surface area contributed by atoms with E-state index in [9.17, 15) is 0 Å². The van der Waals surface area contributed by atoms with Gasteiger partial charge in [-0.05, 0) is 36.6 Å². The van der Waals surface area contributed by atoms with E-state index in [-0.39, 0.29) is 6.10 Å². The van der Waals surface area contributed by atoms with Crippen molar-refractivity contribution in [1.29, 1.82) is 5.26 Å². The summed E-state index contributed by atoms with van der Waals surface area (Å²) in [5.74, 6) is 1.58. The molecule has 2 aromatic rings. The minimum absolute atomic E-state index is 0.0108. The van der Waals surface area contributed by atoms with Crippen LogP contribution in [0.2, 0.25) is 0 Å². The fourth-order valence-corrected chi connectivity index (χ4v) is 2.26. The standard InChI is InChI=1S/C16H14N2O2/c17-10-14-12(4-3-9-18-14)7-8-13-11-19-15-5-1-2-6-16(15)20-13/h1-6,9,13H,7-8,11H2/t13-/m0/s1. The van der Waals surface area contributed by atoms with Crippen LogP contribution in [0.15, 0.2) is 42.6 Å². The molecular weight excluding hydrogens is 252 g/mol. The maximum absolute atomic E-state index is 9.02. The van der Waals surface area contributed by atoms with Gasteiger partial charge in [0.2, 0.25) is 0 Å². The van der Waals surface area contributed by atoms with Crippen LogP contribution in [0.3, 0.4) is 0 Å². The second-order valence-corrected chi connectivity index (χ2v) is 4.66. The third-order valence-corrected chi connectivity index (χ3v) is 3.30. The molecule has 0 spiro atoms. The highest BCUT2D eigenvalue weighted by atomic mass is 16.6. The van der Waals surface area contributed by atoms with Crippen LogP contribution < -0.4 is 9.47 Å². The summed E-state index contributed by atoms with van der Waals surface area (Å²) < 4.78 is 11.6. The first-order valence-electron chi connectivity index (χ1n) is 6.59. The summed E-state index contributed by atoms with van der Waals surface area (Å²) in [6.07, 6.45) is 3.21. The Morgan fingerprint density at radius 2 is 2.05 bits per heavy atom. The maximum Gasteiger partial charge on any atom is 0.161 e. The first-order valence-corrected chi connectivity index (χ1v) is 6.59. The lowest BCUT2D eigenvalue weighted by molar-refractivity contribution is 0.0851. The SMILES string of the molecule is N#Cc1ncccc1CC[C@H]1COc2ccccc2O1. The Hall–Kier alpha value is -2.54. The number of hydrogen-bond donors (Lipinski definition) is 0. The molecule has 0 bridgehead atoms. The predicted molar refractivity (Wildman–Crippen MR) is 73.6 cm³/mol. The normalized spacial score (nSPS) is 16.4. The number of nitrogens with zero attached hydrogens (tertiary/aromatic N) is 2. The summed E-state index contributed by atoms with van der Waals surface area (Å²) in [4.78, 5) is 4.06. The zero-order valence-corrected chi connectivity index (χ0v) is 11.0. The molecule has 3 rings (SSSR count). The molecule has 2 heterocycles. The zero-order chi connectivity index (χ0) is 13.8. The molecule has 0 amide bonds. The molecule has 1 aliphatic rings. The lowest BCUT2D eigenvalue weighted by Crippen LogP contribution is -2.29. The van der Waals surface area contributed by atoms with E-state index in [0.29, 0.717) is 12.3 Å². The van der Waals surface area contributed by atoms with Gasteiger partial charge in [-0.15, -0.1) is 0 Å². The van der Waals surface area contributed by atoms with Crippen molar-refractivity contribution in [3.63, 3.8) is 0 Å². The molecule has 0 N–H and O–H groups in total. The van der Waals surface area contributed by atoms with Crippen LogP contribution in [0.5, 0.6) is 11.5 Å². The van der Waals surface area contributed by atoms with Crippen molar-refractivity contribution in [3.8, 4) is 17.6 Å². The van der Waals surface area contributed by atoms with Crippen molar-refractivity contribution >= 4 is 0 Å². The zero-order valence-electron chi connectivity index (χ0n) is 11.0. The van der Waals surface area contributed by atoms with Crippen molar-refractivity contribution in [2.75, 3.05) is 6.61 Å². The second kappa shape index (κ2) is 5.62. The highest BCUT2D eigenvalue weighted by molar-refractivity contribution is 5.40. The van der Waals surface area contributed by atoms with E-state index in [1.807, 2.05) is 36.4 Å². The van der Waals surface area contributed by atoms with Gasteiger partial charge in [-0.2, -0.15) is 5.26 Å². The Bertz CT molecular complexity index is 649. The van der Waals surface area contributed by atoms with E-state index in [0.717, 1.165) is 29.9 Å². The smallest absolute Gasteiger partial charge is 0.161 e. The number of fused-ring (bicyclic) bond motifs is 1. The van der Waals surface area contributed by atoms with Gasteiger partial charge in [-0.1, -0.05) is 18.2 Å². The van der Waals surface area contributed by atoms with E-state index in [1.165, 1.54) is 0 Å². The number of nitriles is 1. The number of benzene rings is 1. The average Bonchev–Trinajstić information content (AvgIpc) is 2.53. The molecule has 0 aliphatic carbocycles. The van der Waals surface area contributed by atoms with Crippen molar-refractivity contribution in [3.05, 3.63) is 53.9 Å². The fraction of sp³-hybridized carbons (Fsp3) is 0.250. The number of aryl methyl sites for hydroxylation is 1. The molecule has 0 saturated carbocycles. The monoisotopic (exact) mass is 266 g/mol. The second-order valence-electron chi connectivity index (χ2n) is 4.66. The lowest BCUT2D eigenvalue weighted by atomic mass is 10.1. The van der Waals surface area contributed by atoms with Gasteiger partial charge in [-0.3, -0.25) is 0 Å². The molecule has 4 heteroatoms. The van der Waals surface area contributed by atoms with Crippen LogP contribution in [0.4, 0.5) is 0 Å². The van der Waals surface area contributed by atoms with Gasteiger partial charge >= 0.3 is 0 Å². The maximum atomic E-state index is 9.02. The highest BCUT2D eigenvalue weighted by Gasteiger charge is 2.20. The van der Waals surface area contributed by atoms with Crippen LogP contribution in [-0.4, -0.2) is 17.7 Å². The summed E-state index contributed by atoms with van der Waals surface area (Å²) in [6, 6.07) is 13.6. The minimum atomic E-state index is 0.0108. The van der Waals surface area contributed by atoms with Gasteiger partial charge in [0.25, 0.3) is 0 Å². The third kappa shape index (κ3) is 2.57. The largest absolute Gasteiger partial charge is 0.486 e. The summed E-state index contributed by atoms with van der Waals surface area (Å²) >= 11 is 0. The lowest BCUT2D eigenvalue weighted by Gasteiger charge is -2.26. The number of pyridine rings is 1. The molecule has 20 heavy (non-hydrogen) atoms. The number of para-hydroxylation sites is 2. The van der Waals surface area contributed by atoms with E-state index in [2.05, 4.69) is 11.1 Å². The molecule has 0 radical (unpaired) electrons. The van der Waals surface area contributed by atoms with E-state index in [4.69, 9.17) is 14.7 Å². The topological polar surface area (TPSA) is 55.1 Å². The van der Waals surface area contributed by atoms with Crippen molar-refractivity contribution in [1.82, 2.24) is 4.98 Å². The number of ether oxygens (including phenoxy) is 2. The predicted octanol–water partition coefficient (Wildman–Crippen LogP) is 2.73. The van der Waals surface area contributed by atoms with E-state index < -0.39 is 0 Å². The van der Waals surface area contributed by atoms with Gasteiger partial charge in [0.05, 0.1) is 0 Å². The molecule has 4 nitrogen and oxygen atoms in total. The number of hydrogen-bond acceptors (Lipinski definition) is 4. The summed E-state index contributed by atoms with van der Waals surface area (Å²) in [7, 11) is 0. The third-order valence-electron chi connectivity index (χ3n) is 3.30. The Balaban J connectivity index is 1.65. The summed E-state index contributed by atoms with van der Waals surface area (Å²) in [6.45, 7) is 0.541. The molecule has 0 unspecified atom stereocenters. The average molecular weight is 266 g/mol. The van der Waals surface area contributed by atoms with Gasteiger partial charge < -0.3 is 9.47 Å². The molecule has 1 aromatic carbocycles. The molecule has 1 aromatic heterocycles. The molecular formula is C16H14N2O2. The Morgan fingerprint density at radius 3 is 2.90 bits per heavy atom. The molecule has 1 aliphatic heterocycles. The van der Waals surface area contributed by atoms with E-state index in [1.54, 1.807) is 6.20 Å². The van der Waals surface area contributed by atoms with Crippen LogP contribution in [0, 0.1) is 11.3 Å². The van der Waals surface area contributed by atoms with Gasteiger partial charge in [0.1, 0.15) is 24.5 Å². The summed E-state index contributed by atoms with van der Waals surface area (Å²) in [5, 5.41) is 9.02. The van der Waals surface area contributed by atoms with Gasteiger partial charge in [-0.25, -0.2) is 4.98 Å². The van der Waals surface area contributed by atoms with Crippen molar-refractivity contribution in [2.24, 2.45) is 0 Å². The van der Waals surface area contributed by atoms with Crippen LogP contribution in [0.1, 0.15) is 17.7 Å². The minimum Gasteiger partial charge on any atom is -0.486 e. The van der Waals surface area contributed by atoms with Crippen molar-refractivity contribution in [2.45, 2.75) is 18.9 Å². The Morgan fingerprint density at radius 1 is 1.20 bits per heavy atom. The first kappa shape index (κ1) is 12.5. The van der Waals surface area contributed by atoms with E-state index >= 15 is 0 Å². The summed E-state index contributed by atoms with van der Waals surface area (Å²) in [5.41, 5.74) is 1.45. The Kier molecular flexibility index (Phi) is 3.51. The highest BCUT2D eigenvalue weighted by Crippen LogP contribution is 2.31. The molecule has 1 atom stereocenters. The van der Waals surface area contributed by atoms with Crippen LogP contribution >= 0.6 is 0 Å². The molecule has 100 valence electrons.